The molecule has 1 aliphatic rings. The Labute approximate surface area is 119 Å². The number of benzene rings is 1. The number of aromatic nitrogens is 1. The van der Waals surface area contributed by atoms with E-state index >= 15 is 0 Å². The highest BCUT2D eigenvalue weighted by atomic mass is 32.2. The van der Waals surface area contributed by atoms with E-state index in [4.69, 9.17) is 0 Å². The Morgan fingerprint density at radius 1 is 1.30 bits per heavy atom. The highest BCUT2D eigenvalue weighted by Gasteiger charge is 2.23. The normalized spacial score (nSPS) is 17.4. The molecule has 1 N–H and O–H groups in total. The van der Waals surface area contributed by atoms with E-state index in [0.29, 0.717) is 0 Å². The molecule has 100 valence electrons. The second-order valence-corrected chi connectivity index (χ2v) is 5.23. The average molecular weight is 286 g/mol. The number of pyridine rings is 1. The molecule has 2 heterocycles. The van der Waals surface area contributed by atoms with Crippen molar-refractivity contribution in [2.75, 3.05) is 0 Å². The maximum atomic E-state index is 10.8. The minimum absolute atomic E-state index is 0.0158. The van der Waals surface area contributed by atoms with Crippen molar-refractivity contribution in [3.8, 4) is 0 Å². The summed E-state index contributed by atoms with van der Waals surface area (Å²) in [6, 6.07) is 10.3. The van der Waals surface area contributed by atoms with Gasteiger partial charge in [-0.3, -0.25) is 20.5 Å². The summed E-state index contributed by atoms with van der Waals surface area (Å²) in [5.41, 5.74) is 4.83. The van der Waals surface area contributed by atoms with E-state index in [9.17, 15) is 10.1 Å². The molecule has 1 atom stereocenters. The zero-order valence-corrected chi connectivity index (χ0v) is 11.1. The molecular weight excluding hydrogens is 276 g/mol. The highest BCUT2D eigenvalue weighted by Crippen LogP contribution is 2.34. The Hall–Kier alpha value is -2.41. The van der Waals surface area contributed by atoms with Crippen LogP contribution in [0.5, 0.6) is 0 Å². The Morgan fingerprint density at radius 2 is 2.20 bits per heavy atom. The molecule has 0 amide bonds. The first kappa shape index (κ1) is 12.6. The number of hydrogen-bond donors (Lipinski definition) is 1. The number of thioether (sulfide) groups is 1. The van der Waals surface area contributed by atoms with E-state index in [1.54, 1.807) is 18.5 Å². The summed E-state index contributed by atoms with van der Waals surface area (Å²) in [7, 11) is 0. The summed E-state index contributed by atoms with van der Waals surface area (Å²) >= 11 is 1.51. The van der Waals surface area contributed by atoms with Gasteiger partial charge in [0, 0.05) is 35.7 Å². The van der Waals surface area contributed by atoms with Gasteiger partial charge in [-0.2, -0.15) is 5.10 Å². The summed E-state index contributed by atoms with van der Waals surface area (Å²) in [5, 5.41) is 15.8. The van der Waals surface area contributed by atoms with Crippen molar-refractivity contribution in [3.63, 3.8) is 0 Å². The van der Waals surface area contributed by atoms with Gasteiger partial charge in [0.05, 0.1) is 4.92 Å². The molecule has 1 aliphatic heterocycles. The fourth-order valence-electron chi connectivity index (χ4n) is 1.84. The average Bonchev–Trinajstić information content (AvgIpc) is 2.98. The minimum atomic E-state index is -0.407. The monoisotopic (exact) mass is 286 g/mol. The summed E-state index contributed by atoms with van der Waals surface area (Å²) in [5.74, 6) is 0. The van der Waals surface area contributed by atoms with E-state index in [0.717, 1.165) is 16.2 Å². The second kappa shape index (κ2) is 5.30. The van der Waals surface area contributed by atoms with Crippen LogP contribution in [-0.2, 0) is 0 Å². The van der Waals surface area contributed by atoms with Crippen LogP contribution in [0.15, 0.2) is 53.9 Å². The van der Waals surface area contributed by atoms with Gasteiger partial charge in [0.2, 0.25) is 0 Å². The van der Waals surface area contributed by atoms with Crippen LogP contribution in [0.4, 0.5) is 5.69 Å². The molecule has 20 heavy (non-hydrogen) atoms. The van der Waals surface area contributed by atoms with E-state index < -0.39 is 4.92 Å². The van der Waals surface area contributed by atoms with E-state index in [1.165, 1.54) is 23.9 Å². The van der Waals surface area contributed by atoms with Gasteiger partial charge in [-0.25, -0.2) is 0 Å². The molecule has 0 radical (unpaired) electrons. The van der Waals surface area contributed by atoms with Gasteiger partial charge < -0.3 is 0 Å². The Bertz CT molecular complexity index is 675. The molecule has 3 rings (SSSR count). The van der Waals surface area contributed by atoms with Gasteiger partial charge in [-0.05, 0) is 6.07 Å². The molecule has 1 aromatic heterocycles. The third-order valence-electron chi connectivity index (χ3n) is 2.80. The molecule has 1 aromatic carbocycles. The molecule has 0 saturated heterocycles. The number of nitro benzene ring substituents is 1. The summed E-state index contributed by atoms with van der Waals surface area (Å²) in [6.45, 7) is 0. The maximum Gasteiger partial charge on any atom is 0.270 e. The molecule has 2 aromatic rings. The summed E-state index contributed by atoms with van der Waals surface area (Å²) in [6.07, 6.45) is 3.49. The SMILES string of the molecule is O=[N+]([O-])c1cccc(C2=NNC(c3cccnc3)S2)c1. The van der Waals surface area contributed by atoms with E-state index in [2.05, 4.69) is 15.5 Å². The predicted molar refractivity (Wildman–Crippen MR) is 77.3 cm³/mol. The number of hydrazone groups is 1. The van der Waals surface area contributed by atoms with Gasteiger partial charge in [-0.15, -0.1) is 0 Å². The predicted octanol–water partition coefficient (Wildman–Crippen LogP) is 2.69. The molecule has 0 saturated carbocycles. The largest absolute Gasteiger partial charge is 0.291 e. The fraction of sp³-hybridized carbons (Fsp3) is 0.0769. The molecule has 0 spiro atoms. The smallest absolute Gasteiger partial charge is 0.270 e. The van der Waals surface area contributed by atoms with Gasteiger partial charge in [0.1, 0.15) is 10.4 Å². The van der Waals surface area contributed by atoms with Gasteiger partial charge in [-0.1, -0.05) is 30.0 Å². The molecular formula is C13H10N4O2S. The van der Waals surface area contributed by atoms with Crippen LogP contribution >= 0.6 is 11.8 Å². The summed E-state index contributed by atoms with van der Waals surface area (Å²) in [4.78, 5) is 14.5. The number of non-ortho nitro benzene ring substituents is 1. The van der Waals surface area contributed by atoms with Crippen LogP contribution in [0, 0.1) is 10.1 Å². The second-order valence-electron chi connectivity index (χ2n) is 4.14. The van der Waals surface area contributed by atoms with Crippen molar-refractivity contribution in [1.82, 2.24) is 10.4 Å². The van der Waals surface area contributed by atoms with Crippen molar-refractivity contribution in [2.45, 2.75) is 5.37 Å². The summed E-state index contributed by atoms with van der Waals surface area (Å²) < 4.78 is 0. The Morgan fingerprint density at radius 3 is 2.95 bits per heavy atom. The van der Waals surface area contributed by atoms with Gasteiger partial charge >= 0.3 is 0 Å². The van der Waals surface area contributed by atoms with Crippen LogP contribution in [0.3, 0.4) is 0 Å². The first-order valence-corrected chi connectivity index (χ1v) is 6.76. The van der Waals surface area contributed by atoms with Crippen LogP contribution in [0.2, 0.25) is 0 Å². The standard InChI is InChI=1S/C13H10N4O2S/c18-17(19)11-5-1-3-9(7-11)12-15-16-13(20-12)10-4-2-6-14-8-10/h1-8,13,16H. The van der Waals surface area contributed by atoms with Crippen molar-refractivity contribution in [1.29, 1.82) is 0 Å². The molecule has 0 aliphatic carbocycles. The number of hydrogen-bond acceptors (Lipinski definition) is 6. The minimum Gasteiger partial charge on any atom is -0.291 e. The van der Waals surface area contributed by atoms with Crippen LogP contribution in [0.25, 0.3) is 0 Å². The molecule has 7 heteroatoms. The van der Waals surface area contributed by atoms with Gasteiger partial charge in [0.25, 0.3) is 5.69 Å². The first-order valence-electron chi connectivity index (χ1n) is 5.88. The quantitative estimate of drug-likeness (QED) is 0.693. The zero-order chi connectivity index (χ0) is 13.9. The van der Waals surface area contributed by atoms with E-state index in [1.807, 2.05) is 18.2 Å². The fourth-order valence-corrected chi connectivity index (χ4v) is 2.81. The molecule has 0 fully saturated rings. The Balaban J connectivity index is 1.80. The van der Waals surface area contributed by atoms with E-state index in [-0.39, 0.29) is 11.1 Å². The number of nitrogens with zero attached hydrogens (tertiary/aromatic N) is 3. The number of nitro groups is 1. The van der Waals surface area contributed by atoms with Crippen molar-refractivity contribution < 1.29 is 4.92 Å². The maximum absolute atomic E-state index is 10.8. The molecule has 6 nitrogen and oxygen atoms in total. The number of rotatable bonds is 3. The number of nitrogens with one attached hydrogen (secondary N) is 1. The zero-order valence-electron chi connectivity index (χ0n) is 10.3. The third kappa shape index (κ3) is 2.48. The molecule has 1 unspecified atom stereocenters. The van der Waals surface area contributed by atoms with Crippen molar-refractivity contribution in [3.05, 3.63) is 70.0 Å². The van der Waals surface area contributed by atoms with Gasteiger partial charge in [0.15, 0.2) is 0 Å². The lowest BCUT2D eigenvalue weighted by atomic mass is 10.2. The Kier molecular flexibility index (Phi) is 3.34. The highest BCUT2D eigenvalue weighted by molar-refractivity contribution is 8.14. The van der Waals surface area contributed by atoms with Crippen molar-refractivity contribution >= 4 is 22.5 Å². The van der Waals surface area contributed by atoms with Crippen LogP contribution in [-0.4, -0.2) is 15.0 Å². The lowest BCUT2D eigenvalue weighted by molar-refractivity contribution is -0.384. The topological polar surface area (TPSA) is 80.4 Å². The lowest BCUT2D eigenvalue weighted by Crippen LogP contribution is -2.06. The van der Waals surface area contributed by atoms with Crippen LogP contribution in [0.1, 0.15) is 16.5 Å². The third-order valence-corrected chi connectivity index (χ3v) is 3.97. The lowest BCUT2D eigenvalue weighted by Gasteiger charge is -2.08. The first-order chi connectivity index (χ1) is 9.74. The van der Waals surface area contributed by atoms with Crippen LogP contribution < -0.4 is 5.43 Å². The van der Waals surface area contributed by atoms with Crippen molar-refractivity contribution in [2.24, 2.45) is 5.10 Å². The molecule has 0 bridgehead atoms.